The third kappa shape index (κ3) is 7.33. The summed E-state index contributed by atoms with van der Waals surface area (Å²) in [5.74, 6) is -1.90. The van der Waals surface area contributed by atoms with Gasteiger partial charge in [-0.1, -0.05) is 54.1 Å². The molecule has 0 aliphatic heterocycles. The van der Waals surface area contributed by atoms with E-state index in [4.69, 9.17) is 11.6 Å². The summed E-state index contributed by atoms with van der Waals surface area (Å²) in [6, 6.07) is 18.6. The molecule has 0 unspecified atom stereocenters. The van der Waals surface area contributed by atoms with Crippen LogP contribution in [0.25, 0.3) is 0 Å². The maximum Gasteiger partial charge on any atom is 0.264 e. The van der Waals surface area contributed by atoms with Crippen LogP contribution in [0.5, 0.6) is 0 Å². The van der Waals surface area contributed by atoms with Crippen molar-refractivity contribution in [3.05, 3.63) is 95.3 Å². The highest BCUT2D eigenvalue weighted by atomic mass is 35.5. The number of para-hydroxylation sites is 1. The maximum absolute atomic E-state index is 14.9. The van der Waals surface area contributed by atoms with E-state index in [0.717, 1.165) is 10.4 Å². The fraction of sp³-hybridized carbons (Fsp3) is 0.286. The van der Waals surface area contributed by atoms with Gasteiger partial charge in [0.05, 0.1) is 10.6 Å². The van der Waals surface area contributed by atoms with Gasteiger partial charge >= 0.3 is 0 Å². The lowest BCUT2D eigenvalue weighted by Gasteiger charge is -2.33. The van der Waals surface area contributed by atoms with Crippen molar-refractivity contribution in [1.82, 2.24) is 10.2 Å². The minimum Gasteiger partial charge on any atom is -0.350 e. The van der Waals surface area contributed by atoms with Gasteiger partial charge in [0.2, 0.25) is 11.8 Å². The second kappa shape index (κ2) is 12.0. The molecule has 0 radical (unpaired) electrons. The van der Waals surface area contributed by atoms with Crippen LogP contribution in [0.4, 0.5) is 10.1 Å². The third-order valence-corrected chi connectivity index (χ3v) is 7.69. The molecule has 0 fully saturated rings. The van der Waals surface area contributed by atoms with Crippen LogP contribution in [-0.2, 0) is 26.2 Å². The second-order valence-corrected chi connectivity index (χ2v) is 12.1. The first-order valence-corrected chi connectivity index (χ1v) is 13.8. The summed E-state index contributed by atoms with van der Waals surface area (Å²) in [6.45, 7) is 6.29. The Bertz CT molecular complexity index is 1380. The van der Waals surface area contributed by atoms with E-state index in [9.17, 15) is 22.4 Å². The summed E-state index contributed by atoms with van der Waals surface area (Å²) >= 11 is 6.00. The van der Waals surface area contributed by atoms with Crippen molar-refractivity contribution >= 4 is 39.1 Å². The summed E-state index contributed by atoms with van der Waals surface area (Å²) < 4.78 is 42.9. The molecular weight excluding hydrogens is 529 g/mol. The molecule has 0 heterocycles. The van der Waals surface area contributed by atoms with E-state index >= 15 is 0 Å². The van der Waals surface area contributed by atoms with Crippen LogP contribution in [-0.4, -0.2) is 43.3 Å². The number of hydrogen-bond acceptors (Lipinski definition) is 4. The molecule has 0 aliphatic rings. The van der Waals surface area contributed by atoms with Gasteiger partial charge in [-0.25, -0.2) is 12.8 Å². The van der Waals surface area contributed by atoms with Gasteiger partial charge in [-0.3, -0.25) is 13.9 Å². The van der Waals surface area contributed by atoms with Gasteiger partial charge in [-0.05, 0) is 69.7 Å². The van der Waals surface area contributed by atoms with Crippen molar-refractivity contribution in [1.29, 1.82) is 0 Å². The first kappa shape index (κ1) is 29.1. The average Bonchev–Trinajstić information content (AvgIpc) is 2.86. The highest BCUT2D eigenvalue weighted by Gasteiger charge is 2.34. The fourth-order valence-electron chi connectivity index (χ4n) is 3.73. The van der Waals surface area contributed by atoms with Crippen molar-refractivity contribution in [2.24, 2.45) is 0 Å². The number of halogens is 2. The van der Waals surface area contributed by atoms with E-state index in [2.05, 4.69) is 5.32 Å². The molecule has 0 spiro atoms. The SMILES string of the molecule is C[C@@H](C(=O)NC(C)(C)C)N(Cc1ccc(Cl)cc1)C(=O)CN(c1ccccc1F)S(=O)(=O)c1ccccc1. The zero-order valence-electron chi connectivity index (χ0n) is 21.7. The Balaban J connectivity index is 2.03. The Kier molecular flexibility index (Phi) is 9.17. The van der Waals surface area contributed by atoms with E-state index < -0.39 is 45.8 Å². The van der Waals surface area contributed by atoms with E-state index in [1.807, 2.05) is 20.8 Å². The number of sulfonamides is 1. The van der Waals surface area contributed by atoms with Gasteiger partial charge in [0.15, 0.2) is 0 Å². The number of benzene rings is 3. The number of carbonyl (C=O) groups is 2. The molecule has 1 atom stereocenters. The quantitative estimate of drug-likeness (QED) is 0.399. The van der Waals surface area contributed by atoms with Crippen LogP contribution in [0, 0.1) is 5.82 Å². The Hall–Kier alpha value is -3.43. The summed E-state index contributed by atoms with van der Waals surface area (Å²) in [4.78, 5) is 28.0. The highest BCUT2D eigenvalue weighted by molar-refractivity contribution is 7.92. The van der Waals surface area contributed by atoms with Crippen LogP contribution >= 0.6 is 11.6 Å². The Labute approximate surface area is 228 Å². The fourth-order valence-corrected chi connectivity index (χ4v) is 5.30. The van der Waals surface area contributed by atoms with Crippen molar-refractivity contribution in [3.63, 3.8) is 0 Å². The maximum atomic E-state index is 14.9. The third-order valence-electron chi connectivity index (χ3n) is 5.66. The molecule has 0 bridgehead atoms. The van der Waals surface area contributed by atoms with Crippen LogP contribution in [0.2, 0.25) is 5.02 Å². The van der Waals surface area contributed by atoms with Crippen molar-refractivity contribution in [2.45, 2.75) is 50.7 Å². The predicted molar refractivity (Wildman–Crippen MR) is 147 cm³/mol. The molecule has 3 rings (SSSR count). The van der Waals surface area contributed by atoms with E-state index in [1.165, 1.54) is 35.2 Å². The minimum absolute atomic E-state index is 0.00519. The smallest absolute Gasteiger partial charge is 0.264 e. The van der Waals surface area contributed by atoms with Crippen LogP contribution in [0.3, 0.4) is 0 Å². The molecule has 1 N–H and O–H groups in total. The molecule has 3 aromatic carbocycles. The van der Waals surface area contributed by atoms with Crippen molar-refractivity contribution in [3.8, 4) is 0 Å². The molecule has 202 valence electrons. The van der Waals surface area contributed by atoms with E-state index in [1.54, 1.807) is 49.4 Å². The number of nitrogens with zero attached hydrogens (tertiary/aromatic N) is 2. The van der Waals surface area contributed by atoms with E-state index in [0.29, 0.717) is 10.6 Å². The lowest BCUT2D eigenvalue weighted by Crippen LogP contribution is -2.54. The van der Waals surface area contributed by atoms with E-state index in [-0.39, 0.29) is 17.1 Å². The van der Waals surface area contributed by atoms with Crippen molar-refractivity contribution in [2.75, 3.05) is 10.8 Å². The number of anilines is 1. The summed E-state index contributed by atoms with van der Waals surface area (Å²) in [6.07, 6.45) is 0. The summed E-state index contributed by atoms with van der Waals surface area (Å²) in [5.41, 5.74) is -0.152. The summed E-state index contributed by atoms with van der Waals surface area (Å²) in [5, 5.41) is 3.36. The minimum atomic E-state index is -4.33. The molecule has 0 saturated heterocycles. The second-order valence-electron chi connectivity index (χ2n) is 9.84. The van der Waals surface area contributed by atoms with Gasteiger partial charge in [0, 0.05) is 17.1 Å². The number of nitrogens with one attached hydrogen (secondary N) is 1. The van der Waals surface area contributed by atoms with Gasteiger partial charge in [0.1, 0.15) is 18.4 Å². The lowest BCUT2D eigenvalue weighted by atomic mass is 10.1. The number of rotatable bonds is 9. The number of hydrogen-bond donors (Lipinski definition) is 1. The van der Waals surface area contributed by atoms with Gasteiger partial charge in [-0.2, -0.15) is 0 Å². The largest absolute Gasteiger partial charge is 0.350 e. The average molecular weight is 560 g/mol. The molecular formula is C28H31ClFN3O4S. The van der Waals surface area contributed by atoms with Crippen LogP contribution in [0.1, 0.15) is 33.3 Å². The Morgan fingerprint density at radius 1 is 0.947 bits per heavy atom. The lowest BCUT2D eigenvalue weighted by molar-refractivity contribution is -0.140. The molecule has 38 heavy (non-hydrogen) atoms. The summed E-state index contributed by atoms with van der Waals surface area (Å²) in [7, 11) is -4.33. The first-order chi connectivity index (χ1) is 17.8. The first-order valence-electron chi connectivity index (χ1n) is 12.0. The monoisotopic (exact) mass is 559 g/mol. The number of carbonyl (C=O) groups excluding carboxylic acids is 2. The normalized spacial score (nSPS) is 12.5. The van der Waals surface area contributed by atoms with Crippen LogP contribution in [0.15, 0.2) is 83.8 Å². The predicted octanol–water partition coefficient (Wildman–Crippen LogP) is 5.01. The highest BCUT2D eigenvalue weighted by Crippen LogP contribution is 2.27. The number of amides is 2. The molecule has 0 saturated carbocycles. The Morgan fingerprint density at radius 2 is 1.53 bits per heavy atom. The molecule has 7 nitrogen and oxygen atoms in total. The zero-order chi connectivity index (χ0) is 28.1. The molecule has 3 aromatic rings. The zero-order valence-corrected chi connectivity index (χ0v) is 23.3. The molecule has 2 amide bonds. The van der Waals surface area contributed by atoms with Crippen molar-refractivity contribution < 1.29 is 22.4 Å². The standard InChI is InChI=1S/C28H31ClFN3O4S/c1-20(27(35)31-28(2,3)4)32(18-21-14-16-22(29)17-15-21)26(34)19-33(25-13-9-8-12-24(25)30)38(36,37)23-10-6-5-7-11-23/h5-17,20H,18-19H2,1-4H3,(H,31,35)/t20-/m0/s1. The van der Waals surface area contributed by atoms with Gasteiger partial charge in [-0.15, -0.1) is 0 Å². The van der Waals surface area contributed by atoms with Gasteiger partial charge in [0.25, 0.3) is 10.0 Å². The van der Waals surface area contributed by atoms with Gasteiger partial charge < -0.3 is 10.2 Å². The molecule has 0 aromatic heterocycles. The van der Waals surface area contributed by atoms with Crippen LogP contribution < -0.4 is 9.62 Å². The topological polar surface area (TPSA) is 86.8 Å². The Morgan fingerprint density at radius 3 is 2.11 bits per heavy atom. The molecule has 0 aliphatic carbocycles. The molecule has 10 heteroatoms.